The summed E-state index contributed by atoms with van der Waals surface area (Å²) in [6.07, 6.45) is 1.39. The molecule has 1 saturated heterocycles. The van der Waals surface area contributed by atoms with E-state index < -0.39 is 0 Å². The summed E-state index contributed by atoms with van der Waals surface area (Å²) >= 11 is 1.57. The van der Waals surface area contributed by atoms with Crippen molar-refractivity contribution < 1.29 is 9.84 Å². The van der Waals surface area contributed by atoms with Crippen LogP contribution in [0.1, 0.15) is 11.9 Å². The summed E-state index contributed by atoms with van der Waals surface area (Å²) in [7, 11) is 1.80. The number of hydrogen-bond donors (Lipinski definition) is 3. The van der Waals surface area contributed by atoms with E-state index in [2.05, 4.69) is 25.3 Å². The molecule has 1 fully saturated rings. The van der Waals surface area contributed by atoms with Crippen LogP contribution in [0.2, 0.25) is 0 Å². The summed E-state index contributed by atoms with van der Waals surface area (Å²) < 4.78 is 5.64. The quantitative estimate of drug-likeness (QED) is 0.746. The Balaban J connectivity index is 1.97. The van der Waals surface area contributed by atoms with E-state index in [-0.39, 0.29) is 18.1 Å². The summed E-state index contributed by atoms with van der Waals surface area (Å²) in [6.45, 7) is 0.00466. The first-order valence-electron chi connectivity index (χ1n) is 5.58. The van der Waals surface area contributed by atoms with Gasteiger partial charge in [-0.25, -0.2) is 15.0 Å². The molecule has 96 valence electrons. The Morgan fingerprint density at radius 3 is 3.22 bits per heavy atom. The minimum absolute atomic E-state index is 0.00466. The van der Waals surface area contributed by atoms with Crippen molar-refractivity contribution in [1.29, 1.82) is 0 Å². The molecule has 2 aromatic heterocycles. The van der Waals surface area contributed by atoms with Gasteiger partial charge in [0.25, 0.3) is 0 Å². The molecule has 3 heterocycles. The third-order valence-corrected chi connectivity index (χ3v) is 3.85. The van der Waals surface area contributed by atoms with Crippen LogP contribution in [0.25, 0.3) is 11.2 Å². The van der Waals surface area contributed by atoms with Crippen LogP contribution in [-0.4, -0.2) is 49.9 Å². The van der Waals surface area contributed by atoms with Gasteiger partial charge in [-0.15, -0.1) is 11.8 Å². The van der Waals surface area contributed by atoms with Crippen molar-refractivity contribution >= 4 is 28.7 Å². The highest BCUT2D eigenvalue weighted by atomic mass is 32.2. The maximum atomic E-state index is 9.05. The number of imidazole rings is 1. The summed E-state index contributed by atoms with van der Waals surface area (Å²) in [5, 5.41) is 12.1. The molecular weight excluding hydrogens is 254 g/mol. The molecule has 2 unspecified atom stereocenters. The Morgan fingerprint density at radius 2 is 2.50 bits per heavy atom. The number of H-pyrrole nitrogens is 1. The number of rotatable bonds is 3. The molecule has 0 aliphatic carbocycles. The van der Waals surface area contributed by atoms with E-state index in [1.165, 1.54) is 0 Å². The van der Waals surface area contributed by atoms with Crippen molar-refractivity contribution in [1.82, 2.24) is 19.9 Å². The zero-order valence-electron chi connectivity index (χ0n) is 9.75. The van der Waals surface area contributed by atoms with Gasteiger partial charge < -0.3 is 20.1 Å². The molecule has 3 N–H and O–H groups in total. The number of fused-ring (bicyclic) bond motifs is 1. The standard InChI is InChI=1S/C10H13N5O2S/c1-11-9-7-10(13-4-12-7)15-8(14-9)5-3-18-6(2-16)17-5/h4-6,16H,2-3H2,1H3,(H2,11,12,13,14,15). The van der Waals surface area contributed by atoms with Crippen LogP contribution in [0.5, 0.6) is 0 Å². The van der Waals surface area contributed by atoms with Gasteiger partial charge in [0, 0.05) is 12.8 Å². The molecule has 18 heavy (non-hydrogen) atoms. The SMILES string of the molecule is CNc1nc(C2CSC(CO)O2)nc2nc[nH]c12. The van der Waals surface area contributed by atoms with E-state index in [0.717, 1.165) is 11.3 Å². The minimum Gasteiger partial charge on any atom is -0.393 e. The first kappa shape index (κ1) is 11.7. The zero-order chi connectivity index (χ0) is 12.5. The first-order chi connectivity index (χ1) is 8.81. The Kier molecular flexibility index (Phi) is 3.06. The van der Waals surface area contributed by atoms with E-state index in [9.17, 15) is 0 Å². The lowest BCUT2D eigenvalue weighted by molar-refractivity contribution is 0.0303. The van der Waals surface area contributed by atoms with E-state index >= 15 is 0 Å². The zero-order valence-corrected chi connectivity index (χ0v) is 10.6. The number of aromatic nitrogens is 4. The molecule has 8 heteroatoms. The molecule has 2 aromatic rings. The van der Waals surface area contributed by atoms with E-state index in [1.54, 1.807) is 25.1 Å². The number of aliphatic hydroxyl groups is 1. The first-order valence-corrected chi connectivity index (χ1v) is 6.63. The molecule has 0 spiro atoms. The number of anilines is 1. The molecule has 0 aromatic carbocycles. The van der Waals surface area contributed by atoms with Crippen molar-refractivity contribution in [3.8, 4) is 0 Å². The van der Waals surface area contributed by atoms with Gasteiger partial charge >= 0.3 is 0 Å². The number of ether oxygens (including phenoxy) is 1. The van der Waals surface area contributed by atoms with Crippen LogP contribution in [0.3, 0.4) is 0 Å². The van der Waals surface area contributed by atoms with Crippen LogP contribution >= 0.6 is 11.8 Å². The average molecular weight is 267 g/mol. The van der Waals surface area contributed by atoms with Gasteiger partial charge in [-0.1, -0.05) is 0 Å². The van der Waals surface area contributed by atoms with Gasteiger partial charge in [0.1, 0.15) is 17.1 Å². The highest BCUT2D eigenvalue weighted by Gasteiger charge is 2.29. The smallest absolute Gasteiger partial charge is 0.183 e. The summed E-state index contributed by atoms with van der Waals surface area (Å²) in [5.74, 6) is 2.04. The highest BCUT2D eigenvalue weighted by molar-refractivity contribution is 8.00. The van der Waals surface area contributed by atoms with E-state index in [4.69, 9.17) is 9.84 Å². The lowest BCUT2D eigenvalue weighted by Crippen LogP contribution is -2.12. The van der Waals surface area contributed by atoms with Gasteiger partial charge in [0.05, 0.1) is 12.9 Å². The third kappa shape index (κ3) is 1.92. The summed E-state index contributed by atoms with van der Waals surface area (Å²) in [5.41, 5.74) is 1.21. The summed E-state index contributed by atoms with van der Waals surface area (Å²) in [6, 6.07) is 0. The monoisotopic (exact) mass is 267 g/mol. The molecule has 0 radical (unpaired) electrons. The molecular formula is C10H13N5O2S. The van der Waals surface area contributed by atoms with Gasteiger partial charge in [-0.05, 0) is 0 Å². The molecule has 1 aliphatic rings. The Hall–Kier alpha value is -1.38. The maximum absolute atomic E-state index is 9.05. The number of nitrogens with one attached hydrogen (secondary N) is 2. The highest BCUT2D eigenvalue weighted by Crippen LogP contribution is 2.34. The molecule has 1 aliphatic heterocycles. The Morgan fingerprint density at radius 1 is 1.61 bits per heavy atom. The van der Waals surface area contributed by atoms with Crippen molar-refractivity contribution in [2.24, 2.45) is 0 Å². The van der Waals surface area contributed by atoms with Crippen LogP contribution in [0.15, 0.2) is 6.33 Å². The van der Waals surface area contributed by atoms with Crippen LogP contribution in [0.4, 0.5) is 5.82 Å². The fourth-order valence-electron chi connectivity index (χ4n) is 1.86. The van der Waals surface area contributed by atoms with Crippen molar-refractivity contribution in [3.05, 3.63) is 12.2 Å². The number of aromatic amines is 1. The van der Waals surface area contributed by atoms with Gasteiger partial charge in [0.15, 0.2) is 17.3 Å². The predicted octanol–water partition coefficient (Wildman–Crippen LogP) is 0.518. The number of hydrogen-bond acceptors (Lipinski definition) is 7. The van der Waals surface area contributed by atoms with Crippen LogP contribution in [0, 0.1) is 0 Å². The number of thioether (sulfide) groups is 1. The van der Waals surface area contributed by atoms with Gasteiger partial charge in [0.2, 0.25) is 0 Å². The van der Waals surface area contributed by atoms with Crippen molar-refractivity contribution in [3.63, 3.8) is 0 Å². The van der Waals surface area contributed by atoms with E-state index in [1.807, 2.05) is 0 Å². The molecule has 7 nitrogen and oxygen atoms in total. The molecule has 0 saturated carbocycles. The Bertz CT molecular complexity index is 560. The Labute approximate surface area is 107 Å². The molecule has 2 atom stereocenters. The van der Waals surface area contributed by atoms with Gasteiger partial charge in [-0.2, -0.15) is 0 Å². The summed E-state index contributed by atoms with van der Waals surface area (Å²) in [4.78, 5) is 15.9. The topological polar surface area (TPSA) is 96.0 Å². The molecule has 0 bridgehead atoms. The van der Waals surface area contributed by atoms with Crippen LogP contribution < -0.4 is 5.32 Å². The number of nitrogens with zero attached hydrogens (tertiary/aromatic N) is 3. The predicted molar refractivity (Wildman–Crippen MR) is 68.4 cm³/mol. The second-order valence-electron chi connectivity index (χ2n) is 3.85. The normalized spacial score (nSPS) is 23.7. The van der Waals surface area contributed by atoms with Crippen molar-refractivity contribution in [2.45, 2.75) is 11.5 Å². The minimum atomic E-state index is -0.194. The fourth-order valence-corrected chi connectivity index (χ4v) is 2.80. The largest absolute Gasteiger partial charge is 0.393 e. The van der Waals surface area contributed by atoms with Crippen molar-refractivity contribution in [2.75, 3.05) is 24.7 Å². The third-order valence-electron chi connectivity index (χ3n) is 2.73. The number of aliphatic hydroxyl groups excluding tert-OH is 1. The maximum Gasteiger partial charge on any atom is 0.183 e. The van der Waals surface area contributed by atoms with Gasteiger partial charge in [-0.3, -0.25) is 0 Å². The lowest BCUT2D eigenvalue weighted by atomic mass is 10.3. The average Bonchev–Trinajstić information content (AvgIpc) is 3.05. The fraction of sp³-hybridized carbons (Fsp3) is 0.500. The molecule has 3 rings (SSSR count). The molecule has 0 amide bonds. The lowest BCUT2D eigenvalue weighted by Gasteiger charge is -2.11. The van der Waals surface area contributed by atoms with E-state index in [0.29, 0.717) is 17.3 Å². The second kappa shape index (κ2) is 4.71. The second-order valence-corrected chi connectivity index (χ2v) is 5.04. The van der Waals surface area contributed by atoms with Crippen LogP contribution in [-0.2, 0) is 4.74 Å².